The van der Waals surface area contributed by atoms with Crippen molar-refractivity contribution < 1.29 is 9.53 Å². The maximum absolute atomic E-state index is 12.1. The molecule has 1 amide bonds. The molecular weight excluding hydrogens is 408 g/mol. The predicted molar refractivity (Wildman–Crippen MR) is 118 cm³/mol. The van der Waals surface area contributed by atoms with E-state index in [-0.39, 0.29) is 17.5 Å². The van der Waals surface area contributed by atoms with Crippen LogP contribution in [0, 0.1) is 0 Å². The van der Waals surface area contributed by atoms with Gasteiger partial charge >= 0.3 is 0 Å². The van der Waals surface area contributed by atoms with Crippen LogP contribution in [0.4, 0.5) is 5.95 Å². The van der Waals surface area contributed by atoms with E-state index in [1.165, 1.54) is 6.33 Å². The van der Waals surface area contributed by atoms with Crippen molar-refractivity contribution in [2.24, 2.45) is 0 Å². The van der Waals surface area contributed by atoms with Crippen LogP contribution in [0.3, 0.4) is 0 Å². The van der Waals surface area contributed by atoms with Gasteiger partial charge < -0.3 is 19.9 Å². The van der Waals surface area contributed by atoms with Gasteiger partial charge in [-0.15, -0.1) is 0 Å². The molecule has 2 N–H and O–H groups in total. The Labute approximate surface area is 184 Å². The molecule has 1 aliphatic heterocycles. The third-order valence-electron chi connectivity index (χ3n) is 6.71. The number of nitrogens with zero attached hydrogens (tertiary/aromatic N) is 6. The van der Waals surface area contributed by atoms with Crippen LogP contribution < -0.4 is 10.1 Å². The Hall–Kier alpha value is -3.69. The molecular formula is C22H24N8O2. The standard InChI is InChI=1S/C22H24N8O2/c1-22(29-6-3-4-17(29)31)9-14(10-22)26-21-27-19-18(20(28-21)32-2)15(11-23-19)13-5-7-30-16(8-13)24-12-25-30/h5,7-8,11-12,14H,3-4,6,9-10H2,1-2H3,(H2,23,26,27,28)/t14-,22-. The van der Waals surface area contributed by atoms with Crippen LogP contribution in [0.5, 0.6) is 5.88 Å². The second-order valence-corrected chi connectivity index (χ2v) is 8.86. The highest BCUT2D eigenvalue weighted by Gasteiger charge is 2.48. The second kappa shape index (κ2) is 6.91. The van der Waals surface area contributed by atoms with Gasteiger partial charge in [-0.25, -0.2) is 9.50 Å². The van der Waals surface area contributed by atoms with Crippen LogP contribution in [0.15, 0.2) is 30.9 Å². The fraction of sp³-hybridized carbons (Fsp3) is 0.409. The number of H-pyrrole nitrogens is 1. The first kappa shape index (κ1) is 19.0. The van der Waals surface area contributed by atoms with Crippen LogP contribution in [0.25, 0.3) is 27.8 Å². The largest absolute Gasteiger partial charge is 0.480 e. The van der Waals surface area contributed by atoms with Crippen molar-refractivity contribution in [2.75, 3.05) is 19.0 Å². The van der Waals surface area contributed by atoms with E-state index in [2.05, 4.69) is 32.3 Å². The molecule has 164 valence electrons. The van der Waals surface area contributed by atoms with Gasteiger partial charge in [0.15, 0.2) is 5.65 Å². The quantitative estimate of drug-likeness (QED) is 0.498. The molecule has 10 heteroatoms. The number of aromatic nitrogens is 6. The Morgan fingerprint density at radius 3 is 2.97 bits per heavy atom. The monoisotopic (exact) mass is 432 g/mol. The van der Waals surface area contributed by atoms with Gasteiger partial charge in [0, 0.05) is 42.5 Å². The lowest BCUT2D eigenvalue weighted by atomic mass is 9.73. The third-order valence-corrected chi connectivity index (χ3v) is 6.71. The lowest BCUT2D eigenvalue weighted by molar-refractivity contribution is -0.136. The molecule has 0 radical (unpaired) electrons. The molecule has 4 aromatic heterocycles. The van der Waals surface area contributed by atoms with Crippen LogP contribution >= 0.6 is 0 Å². The third kappa shape index (κ3) is 2.89. The molecule has 0 spiro atoms. The zero-order valence-electron chi connectivity index (χ0n) is 18.0. The Kier molecular flexibility index (Phi) is 4.11. The van der Waals surface area contributed by atoms with E-state index in [1.807, 2.05) is 29.4 Å². The Bertz CT molecular complexity index is 1340. The number of carbonyl (C=O) groups excluding carboxylic acids is 1. The number of methoxy groups -OCH3 is 1. The van der Waals surface area contributed by atoms with Gasteiger partial charge in [-0.2, -0.15) is 15.1 Å². The van der Waals surface area contributed by atoms with Crippen LogP contribution in [0.2, 0.25) is 0 Å². The van der Waals surface area contributed by atoms with Gasteiger partial charge in [0.05, 0.1) is 12.5 Å². The van der Waals surface area contributed by atoms with Gasteiger partial charge in [0.25, 0.3) is 0 Å². The molecule has 1 saturated carbocycles. The van der Waals surface area contributed by atoms with Crippen molar-refractivity contribution >= 4 is 28.5 Å². The molecule has 0 atom stereocenters. The lowest BCUT2D eigenvalue weighted by Gasteiger charge is -2.51. The summed E-state index contributed by atoms with van der Waals surface area (Å²) in [5.74, 6) is 1.30. The number of anilines is 1. The number of aromatic amines is 1. The minimum Gasteiger partial charge on any atom is -0.480 e. The normalized spacial score (nSPS) is 23.1. The predicted octanol–water partition coefficient (Wildman–Crippen LogP) is 2.63. The van der Waals surface area contributed by atoms with Gasteiger partial charge in [0.2, 0.25) is 17.7 Å². The summed E-state index contributed by atoms with van der Waals surface area (Å²) in [6, 6.07) is 4.17. The van der Waals surface area contributed by atoms with Gasteiger partial charge in [-0.05, 0) is 43.9 Å². The summed E-state index contributed by atoms with van der Waals surface area (Å²) in [4.78, 5) is 31.0. The maximum atomic E-state index is 12.1. The van der Waals surface area contributed by atoms with E-state index in [9.17, 15) is 4.79 Å². The smallest absolute Gasteiger partial charge is 0.228 e. The number of pyridine rings is 1. The van der Waals surface area contributed by atoms with Crippen LogP contribution in [-0.2, 0) is 4.79 Å². The maximum Gasteiger partial charge on any atom is 0.228 e. The summed E-state index contributed by atoms with van der Waals surface area (Å²) in [5.41, 5.74) is 3.31. The number of amides is 1. The topological polar surface area (TPSA) is 113 Å². The Balaban J connectivity index is 1.27. The first-order valence-electron chi connectivity index (χ1n) is 10.8. The molecule has 5 heterocycles. The minimum atomic E-state index is -0.0701. The van der Waals surface area contributed by atoms with E-state index in [4.69, 9.17) is 9.72 Å². The van der Waals surface area contributed by atoms with Crippen molar-refractivity contribution in [1.29, 1.82) is 0 Å². The molecule has 10 nitrogen and oxygen atoms in total. The van der Waals surface area contributed by atoms with E-state index in [0.29, 0.717) is 23.9 Å². The number of ether oxygens (including phenoxy) is 1. The molecule has 0 unspecified atom stereocenters. The number of hydrogen-bond donors (Lipinski definition) is 2. The molecule has 0 bridgehead atoms. The summed E-state index contributed by atoms with van der Waals surface area (Å²) in [6.45, 7) is 3.03. The molecule has 2 aliphatic rings. The van der Waals surface area contributed by atoms with Crippen molar-refractivity contribution in [3.63, 3.8) is 0 Å². The average Bonchev–Trinajstić information content (AvgIpc) is 3.50. The number of nitrogens with one attached hydrogen (secondary N) is 2. The van der Waals surface area contributed by atoms with E-state index in [1.54, 1.807) is 11.6 Å². The van der Waals surface area contributed by atoms with Gasteiger partial charge in [-0.1, -0.05) is 0 Å². The number of likely N-dealkylation sites (tertiary alicyclic amines) is 1. The van der Waals surface area contributed by atoms with Crippen molar-refractivity contribution in [3.05, 3.63) is 30.9 Å². The van der Waals surface area contributed by atoms with E-state index < -0.39 is 0 Å². The van der Waals surface area contributed by atoms with Crippen molar-refractivity contribution in [2.45, 2.75) is 44.2 Å². The van der Waals surface area contributed by atoms with Crippen molar-refractivity contribution in [3.8, 4) is 17.0 Å². The van der Waals surface area contributed by atoms with Gasteiger partial charge in [-0.3, -0.25) is 4.79 Å². The summed E-state index contributed by atoms with van der Waals surface area (Å²) in [6.07, 6.45) is 8.72. The highest BCUT2D eigenvalue weighted by atomic mass is 16.5. The SMILES string of the molecule is COc1nc(N[C@H]2C[C@](C)(N3CCCC3=O)C2)nc2[nH]cc(-c3ccn4ncnc4c3)c12. The van der Waals surface area contributed by atoms with Crippen LogP contribution in [0.1, 0.15) is 32.6 Å². The van der Waals surface area contributed by atoms with Crippen molar-refractivity contribution in [1.82, 2.24) is 34.4 Å². The molecule has 1 saturated heterocycles. The number of fused-ring (bicyclic) bond motifs is 2. The fourth-order valence-corrected chi connectivity index (χ4v) is 5.15. The zero-order valence-corrected chi connectivity index (χ0v) is 18.0. The highest BCUT2D eigenvalue weighted by Crippen LogP contribution is 2.41. The van der Waals surface area contributed by atoms with Gasteiger partial charge in [0.1, 0.15) is 12.0 Å². The number of hydrogen-bond acceptors (Lipinski definition) is 7. The molecule has 4 aromatic rings. The second-order valence-electron chi connectivity index (χ2n) is 8.86. The molecule has 1 aliphatic carbocycles. The van der Waals surface area contributed by atoms with Crippen LogP contribution in [-0.4, -0.2) is 65.6 Å². The average molecular weight is 432 g/mol. The first-order chi connectivity index (χ1) is 15.5. The summed E-state index contributed by atoms with van der Waals surface area (Å²) in [5, 5.41) is 8.40. The molecule has 2 fully saturated rings. The first-order valence-corrected chi connectivity index (χ1v) is 10.8. The van der Waals surface area contributed by atoms with E-state index >= 15 is 0 Å². The minimum absolute atomic E-state index is 0.0701. The summed E-state index contributed by atoms with van der Waals surface area (Å²) >= 11 is 0. The fourth-order valence-electron chi connectivity index (χ4n) is 5.15. The highest BCUT2D eigenvalue weighted by molar-refractivity contribution is 5.98. The Morgan fingerprint density at radius 2 is 2.19 bits per heavy atom. The number of rotatable bonds is 5. The summed E-state index contributed by atoms with van der Waals surface area (Å²) < 4.78 is 7.35. The molecule has 0 aromatic carbocycles. The zero-order chi connectivity index (χ0) is 21.9. The Morgan fingerprint density at radius 1 is 1.31 bits per heavy atom. The molecule has 32 heavy (non-hydrogen) atoms. The van der Waals surface area contributed by atoms with E-state index in [0.717, 1.165) is 48.0 Å². The lowest BCUT2D eigenvalue weighted by Crippen LogP contribution is -2.59. The molecule has 6 rings (SSSR count). The summed E-state index contributed by atoms with van der Waals surface area (Å²) in [7, 11) is 1.61. The number of carbonyl (C=O) groups is 1.